The Morgan fingerprint density at radius 2 is 1.93 bits per heavy atom. The molecule has 1 fully saturated rings. The van der Waals surface area contributed by atoms with Gasteiger partial charge in [-0.3, -0.25) is 9.59 Å². The van der Waals surface area contributed by atoms with Crippen molar-refractivity contribution in [2.24, 2.45) is 11.1 Å². The topological polar surface area (TPSA) is 93.4 Å². The third kappa shape index (κ3) is 5.35. The van der Waals surface area contributed by atoms with E-state index in [1.54, 1.807) is 24.3 Å². The van der Waals surface area contributed by atoms with Crippen molar-refractivity contribution in [3.8, 4) is 0 Å². The number of hydrogen-bond donors (Lipinski definition) is 3. The molecule has 0 spiro atoms. The van der Waals surface area contributed by atoms with E-state index >= 15 is 0 Å². The molecule has 0 aliphatic heterocycles. The molecule has 1 aromatic rings. The number of carbonyl (C=O) groups excluding carboxylic acids is 2. The highest BCUT2D eigenvalue weighted by Gasteiger charge is 2.62. The second-order valence-electron chi connectivity index (χ2n) is 7.26. The van der Waals surface area contributed by atoms with Crippen LogP contribution in [0.3, 0.4) is 0 Å². The molecule has 1 aliphatic carbocycles. The van der Waals surface area contributed by atoms with Gasteiger partial charge in [-0.05, 0) is 37.6 Å². The predicted octanol–water partition coefficient (Wildman–Crippen LogP) is 3.13. The summed E-state index contributed by atoms with van der Waals surface area (Å²) in [7, 11) is 0. The molecule has 2 rings (SSSR count). The minimum Gasteiger partial charge on any atom is -0.378 e. The van der Waals surface area contributed by atoms with E-state index in [9.17, 15) is 9.59 Å². The van der Waals surface area contributed by atoms with Gasteiger partial charge in [-0.1, -0.05) is 25.4 Å². The normalized spacial score (nSPS) is 22.9. The summed E-state index contributed by atoms with van der Waals surface area (Å²) in [6.45, 7) is 6.85. The van der Waals surface area contributed by atoms with Gasteiger partial charge in [0.2, 0.25) is 11.8 Å². The number of halogens is 2. The minimum absolute atomic E-state index is 0. The van der Waals surface area contributed by atoms with Crippen molar-refractivity contribution < 1.29 is 14.3 Å². The summed E-state index contributed by atoms with van der Waals surface area (Å²) in [5.74, 6) is -0.291. The fourth-order valence-corrected chi connectivity index (χ4v) is 3.31. The van der Waals surface area contributed by atoms with Crippen LogP contribution in [-0.2, 0) is 14.3 Å². The maximum absolute atomic E-state index is 12.5. The number of carbonyl (C=O) groups is 2. The summed E-state index contributed by atoms with van der Waals surface area (Å²) in [6, 6.07) is 6.92. The maximum atomic E-state index is 12.5. The molecule has 2 unspecified atom stereocenters. The summed E-state index contributed by atoms with van der Waals surface area (Å²) in [4.78, 5) is 24.4. The summed E-state index contributed by atoms with van der Waals surface area (Å²) >= 11 is 5.81. The Kier molecular flexibility index (Phi) is 8.54. The lowest BCUT2D eigenvalue weighted by Gasteiger charge is -2.57. The zero-order valence-electron chi connectivity index (χ0n) is 16.0. The van der Waals surface area contributed by atoms with Crippen molar-refractivity contribution >= 4 is 41.5 Å². The molecule has 2 amide bonds. The molecule has 8 heteroatoms. The Morgan fingerprint density at radius 3 is 2.48 bits per heavy atom. The summed E-state index contributed by atoms with van der Waals surface area (Å²) in [6.07, 6.45) is 1.35. The Balaban J connectivity index is 0.00000364. The number of anilines is 1. The van der Waals surface area contributed by atoms with E-state index in [2.05, 4.69) is 10.6 Å². The first-order valence-electron chi connectivity index (χ1n) is 8.95. The first-order valence-corrected chi connectivity index (χ1v) is 9.32. The fraction of sp³-hybridized carbons (Fsp3) is 0.579. The van der Waals surface area contributed by atoms with Gasteiger partial charge < -0.3 is 21.1 Å². The zero-order valence-corrected chi connectivity index (χ0v) is 17.6. The quantitative estimate of drug-likeness (QED) is 0.566. The Bertz CT molecular complexity index is 652. The van der Waals surface area contributed by atoms with Crippen molar-refractivity contribution in [2.45, 2.75) is 51.7 Å². The lowest BCUT2D eigenvalue weighted by atomic mass is 9.54. The van der Waals surface area contributed by atoms with Crippen LogP contribution in [0.15, 0.2) is 24.3 Å². The molecule has 0 saturated heterocycles. The number of amides is 2. The number of hydrogen-bond acceptors (Lipinski definition) is 4. The summed E-state index contributed by atoms with van der Waals surface area (Å²) in [5.41, 5.74) is 5.67. The molecule has 1 aromatic carbocycles. The van der Waals surface area contributed by atoms with Crippen molar-refractivity contribution in [3.63, 3.8) is 0 Å². The van der Waals surface area contributed by atoms with E-state index in [0.717, 1.165) is 0 Å². The minimum atomic E-state index is -0.932. The molecule has 0 bridgehead atoms. The third-order valence-electron chi connectivity index (χ3n) is 5.23. The van der Waals surface area contributed by atoms with Gasteiger partial charge in [0.25, 0.3) is 0 Å². The van der Waals surface area contributed by atoms with Crippen LogP contribution >= 0.6 is 24.0 Å². The van der Waals surface area contributed by atoms with Gasteiger partial charge >= 0.3 is 0 Å². The van der Waals surface area contributed by atoms with E-state index < -0.39 is 11.0 Å². The number of benzene rings is 1. The van der Waals surface area contributed by atoms with Crippen LogP contribution in [-0.4, -0.2) is 36.6 Å². The van der Waals surface area contributed by atoms with E-state index in [1.165, 1.54) is 0 Å². The standard InChI is InChI=1S/C19H28ClN3O3.ClH/c1-4-26-15-12-19(21,18(15,2)3)17(25)22-11-5-6-16(24)23-14-9-7-13(20)8-10-14;/h7-10,15H,4-6,11-12,21H2,1-3H3,(H,22,25)(H,23,24);1H. The second kappa shape index (κ2) is 9.73. The van der Waals surface area contributed by atoms with Crippen molar-refractivity contribution in [3.05, 3.63) is 29.3 Å². The summed E-state index contributed by atoms with van der Waals surface area (Å²) < 4.78 is 5.64. The van der Waals surface area contributed by atoms with E-state index in [0.29, 0.717) is 43.1 Å². The van der Waals surface area contributed by atoms with Crippen LogP contribution < -0.4 is 16.4 Å². The average molecular weight is 418 g/mol. The molecule has 6 nitrogen and oxygen atoms in total. The summed E-state index contributed by atoms with van der Waals surface area (Å²) in [5, 5.41) is 6.26. The first kappa shape index (κ1) is 23.7. The van der Waals surface area contributed by atoms with Gasteiger partial charge in [-0.15, -0.1) is 12.4 Å². The molecule has 1 aliphatic rings. The van der Waals surface area contributed by atoms with E-state index in [-0.39, 0.29) is 30.3 Å². The van der Waals surface area contributed by atoms with Gasteiger partial charge in [0, 0.05) is 42.1 Å². The van der Waals surface area contributed by atoms with Gasteiger partial charge in [-0.2, -0.15) is 0 Å². The zero-order chi connectivity index (χ0) is 19.4. The second-order valence-corrected chi connectivity index (χ2v) is 7.69. The molecule has 4 N–H and O–H groups in total. The average Bonchev–Trinajstić information content (AvgIpc) is 2.60. The van der Waals surface area contributed by atoms with Crippen molar-refractivity contribution in [2.75, 3.05) is 18.5 Å². The molecular formula is C19H29Cl2N3O3. The van der Waals surface area contributed by atoms with Crippen LogP contribution in [0.5, 0.6) is 0 Å². The molecule has 2 atom stereocenters. The molecule has 0 radical (unpaired) electrons. The first-order chi connectivity index (χ1) is 12.2. The molecule has 27 heavy (non-hydrogen) atoms. The highest BCUT2D eigenvalue weighted by atomic mass is 35.5. The number of nitrogens with one attached hydrogen (secondary N) is 2. The Labute approximate surface area is 172 Å². The highest BCUT2D eigenvalue weighted by molar-refractivity contribution is 6.30. The van der Waals surface area contributed by atoms with Gasteiger partial charge in [0.1, 0.15) is 5.54 Å². The largest absolute Gasteiger partial charge is 0.378 e. The van der Waals surface area contributed by atoms with Gasteiger partial charge in [0.05, 0.1) is 6.10 Å². The smallest absolute Gasteiger partial charge is 0.240 e. The monoisotopic (exact) mass is 417 g/mol. The number of ether oxygens (including phenoxy) is 1. The van der Waals surface area contributed by atoms with Crippen LogP contribution in [0.2, 0.25) is 5.02 Å². The van der Waals surface area contributed by atoms with Gasteiger partial charge in [0.15, 0.2) is 0 Å². The molecular weight excluding hydrogens is 389 g/mol. The van der Waals surface area contributed by atoms with Crippen LogP contribution in [0.1, 0.15) is 40.0 Å². The van der Waals surface area contributed by atoms with Crippen LogP contribution in [0.4, 0.5) is 5.69 Å². The highest BCUT2D eigenvalue weighted by Crippen LogP contribution is 2.49. The number of nitrogens with two attached hydrogens (primary N) is 1. The predicted molar refractivity (Wildman–Crippen MR) is 110 cm³/mol. The Morgan fingerprint density at radius 1 is 1.30 bits per heavy atom. The third-order valence-corrected chi connectivity index (χ3v) is 5.48. The number of rotatable bonds is 8. The van der Waals surface area contributed by atoms with Crippen LogP contribution in [0, 0.1) is 5.41 Å². The van der Waals surface area contributed by atoms with Crippen molar-refractivity contribution in [1.29, 1.82) is 0 Å². The van der Waals surface area contributed by atoms with E-state index in [4.69, 9.17) is 22.1 Å². The Hall–Kier alpha value is -1.34. The molecule has 152 valence electrons. The van der Waals surface area contributed by atoms with Gasteiger partial charge in [-0.25, -0.2) is 0 Å². The lowest BCUT2D eigenvalue weighted by molar-refractivity contribution is -0.170. The molecule has 0 heterocycles. The maximum Gasteiger partial charge on any atom is 0.240 e. The molecule has 0 aromatic heterocycles. The fourth-order valence-electron chi connectivity index (χ4n) is 3.19. The molecule has 1 saturated carbocycles. The lowest BCUT2D eigenvalue weighted by Crippen LogP contribution is -2.75. The van der Waals surface area contributed by atoms with E-state index in [1.807, 2.05) is 20.8 Å². The SMILES string of the molecule is CCOC1CC(N)(C(=O)NCCCC(=O)Nc2ccc(Cl)cc2)C1(C)C.Cl. The van der Waals surface area contributed by atoms with Crippen molar-refractivity contribution in [1.82, 2.24) is 5.32 Å². The van der Waals surface area contributed by atoms with Crippen LogP contribution in [0.25, 0.3) is 0 Å².